The van der Waals surface area contributed by atoms with E-state index in [1.54, 1.807) is 28.4 Å². The first-order valence-corrected chi connectivity index (χ1v) is 7.36. The lowest BCUT2D eigenvalue weighted by Crippen LogP contribution is -2.34. The fraction of sp³-hybridized carbons (Fsp3) is 1.00. The lowest BCUT2D eigenvalue weighted by atomic mass is 10.7. The summed E-state index contributed by atoms with van der Waals surface area (Å²) in [5.74, 6) is 0. The smallest absolute Gasteiger partial charge is 0.275 e. The van der Waals surface area contributed by atoms with Crippen LogP contribution in [0.1, 0.15) is 0 Å². The zero-order chi connectivity index (χ0) is 17.2. The molecule has 140 valence electrons. The molecule has 0 saturated carbocycles. The molecule has 0 spiro atoms. The maximum absolute atomic E-state index is 5.53. The monoisotopic (exact) mass is 342 g/mol. The minimum absolute atomic E-state index is 0.303. The summed E-state index contributed by atoms with van der Waals surface area (Å²) in [6, 6.07) is 0. The second-order valence-electron chi connectivity index (χ2n) is 4.17. The minimum Gasteiger partial charge on any atom is -0.382 e. The third kappa shape index (κ3) is 14.9. The van der Waals surface area contributed by atoms with E-state index in [4.69, 9.17) is 42.6 Å². The van der Waals surface area contributed by atoms with Gasteiger partial charge in [-0.15, -0.1) is 0 Å². The highest BCUT2D eigenvalue weighted by Crippen LogP contribution is 2.07. The van der Waals surface area contributed by atoms with Gasteiger partial charge in [-0.25, -0.2) is 0 Å². The van der Waals surface area contributed by atoms with Gasteiger partial charge in [0, 0.05) is 28.4 Å². The van der Waals surface area contributed by atoms with Crippen molar-refractivity contribution < 1.29 is 42.6 Å². The molecule has 0 N–H and O–H groups in total. The Bertz CT molecular complexity index is 188. The molecule has 0 atom stereocenters. The second-order valence-corrected chi connectivity index (χ2v) is 4.17. The molecule has 0 fully saturated rings. The second kappa shape index (κ2) is 18.0. The van der Waals surface area contributed by atoms with Crippen LogP contribution >= 0.6 is 0 Å². The lowest BCUT2D eigenvalue weighted by molar-refractivity contribution is -0.400. The van der Waals surface area contributed by atoms with Gasteiger partial charge in [0.1, 0.15) is 0 Å². The Balaban J connectivity index is 4.31. The van der Waals surface area contributed by atoms with E-state index in [9.17, 15) is 0 Å². The molecule has 0 aliphatic carbocycles. The van der Waals surface area contributed by atoms with Crippen LogP contribution in [-0.4, -0.2) is 94.2 Å². The Morgan fingerprint density at radius 3 is 0.913 bits per heavy atom. The number of ether oxygens (including phenoxy) is 9. The SMILES string of the molecule is COCCOC(OCCOC)OC(OCCOC)OCCOC. The predicted molar refractivity (Wildman–Crippen MR) is 80.0 cm³/mol. The van der Waals surface area contributed by atoms with Gasteiger partial charge < -0.3 is 37.9 Å². The zero-order valence-electron chi connectivity index (χ0n) is 14.5. The van der Waals surface area contributed by atoms with Crippen LogP contribution in [0.25, 0.3) is 0 Å². The maximum Gasteiger partial charge on any atom is 0.275 e. The molecule has 0 heterocycles. The van der Waals surface area contributed by atoms with Crippen molar-refractivity contribution in [3.05, 3.63) is 0 Å². The van der Waals surface area contributed by atoms with Gasteiger partial charge in [0.25, 0.3) is 13.0 Å². The fourth-order valence-electron chi connectivity index (χ4n) is 1.25. The van der Waals surface area contributed by atoms with Crippen molar-refractivity contribution in [2.24, 2.45) is 0 Å². The van der Waals surface area contributed by atoms with Crippen LogP contribution in [0.5, 0.6) is 0 Å². The molecule has 0 amide bonds. The zero-order valence-corrected chi connectivity index (χ0v) is 14.5. The molecule has 0 bridgehead atoms. The molecule has 0 unspecified atom stereocenters. The van der Waals surface area contributed by atoms with Crippen LogP contribution in [0.4, 0.5) is 0 Å². The van der Waals surface area contributed by atoms with Gasteiger partial charge in [0.2, 0.25) is 0 Å². The lowest BCUT2D eigenvalue weighted by Gasteiger charge is -2.24. The van der Waals surface area contributed by atoms with E-state index < -0.39 is 13.0 Å². The summed E-state index contributed by atoms with van der Waals surface area (Å²) in [7, 11) is 6.32. The van der Waals surface area contributed by atoms with E-state index in [1.807, 2.05) is 0 Å². The Morgan fingerprint density at radius 2 is 0.696 bits per heavy atom. The highest BCUT2D eigenvalue weighted by molar-refractivity contribution is 4.37. The van der Waals surface area contributed by atoms with Gasteiger partial charge in [-0.2, -0.15) is 0 Å². The van der Waals surface area contributed by atoms with Crippen molar-refractivity contribution in [2.75, 3.05) is 81.3 Å². The van der Waals surface area contributed by atoms with Crippen molar-refractivity contribution >= 4 is 0 Å². The summed E-state index contributed by atoms with van der Waals surface area (Å²) in [6.45, 7) is 0.925. The number of hydrogen-bond donors (Lipinski definition) is 0. The topological polar surface area (TPSA) is 83.1 Å². The summed E-state index contributed by atoms with van der Waals surface area (Å²) < 4.78 is 46.9. The highest BCUT2D eigenvalue weighted by atomic mass is 16.9. The standard InChI is InChI=1S/C14H30O9/c1-15-5-9-19-13(20-10-6-16-2)23-14(21-11-7-17-3)22-12-8-18-4/h13-14H,5-12H2,1-4H3. The first-order chi connectivity index (χ1) is 11.3. The molecule has 0 radical (unpaired) electrons. The highest BCUT2D eigenvalue weighted by Gasteiger charge is 2.19. The molecule has 23 heavy (non-hydrogen) atoms. The van der Waals surface area contributed by atoms with E-state index in [1.165, 1.54) is 0 Å². The minimum atomic E-state index is -0.963. The molecular weight excluding hydrogens is 312 g/mol. The molecule has 0 rings (SSSR count). The molecule has 0 aromatic carbocycles. The van der Waals surface area contributed by atoms with Crippen LogP contribution < -0.4 is 0 Å². The van der Waals surface area contributed by atoms with Crippen LogP contribution in [-0.2, 0) is 42.6 Å². The van der Waals surface area contributed by atoms with Crippen LogP contribution in [0, 0.1) is 0 Å². The van der Waals surface area contributed by atoms with Crippen molar-refractivity contribution in [3.8, 4) is 0 Å². The van der Waals surface area contributed by atoms with Gasteiger partial charge in [-0.3, -0.25) is 4.74 Å². The average molecular weight is 342 g/mol. The Labute approximate surface area is 138 Å². The Kier molecular flexibility index (Phi) is 17.7. The van der Waals surface area contributed by atoms with E-state index in [0.717, 1.165) is 0 Å². The van der Waals surface area contributed by atoms with Crippen LogP contribution in [0.15, 0.2) is 0 Å². The van der Waals surface area contributed by atoms with Crippen LogP contribution in [0.3, 0.4) is 0 Å². The Morgan fingerprint density at radius 1 is 0.435 bits per heavy atom. The van der Waals surface area contributed by atoms with Crippen molar-refractivity contribution in [2.45, 2.75) is 13.0 Å². The molecule has 9 nitrogen and oxygen atoms in total. The molecule has 0 aliphatic heterocycles. The number of methoxy groups -OCH3 is 4. The summed E-state index contributed by atoms with van der Waals surface area (Å²) in [5, 5.41) is 0. The molecule has 9 heteroatoms. The van der Waals surface area contributed by atoms with Crippen molar-refractivity contribution in [1.29, 1.82) is 0 Å². The van der Waals surface area contributed by atoms with Gasteiger partial charge in [-0.05, 0) is 0 Å². The quantitative estimate of drug-likeness (QED) is 0.257. The van der Waals surface area contributed by atoms with Crippen molar-refractivity contribution in [1.82, 2.24) is 0 Å². The van der Waals surface area contributed by atoms with Crippen molar-refractivity contribution in [3.63, 3.8) is 0 Å². The molecular formula is C14H30O9. The largest absolute Gasteiger partial charge is 0.382 e. The Hall–Kier alpha value is -0.360. The summed E-state index contributed by atoms with van der Waals surface area (Å²) >= 11 is 0. The van der Waals surface area contributed by atoms with E-state index in [2.05, 4.69) is 0 Å². The molecule has 0 aromatic rings. The van der Waals surface area contributed by atoms with E-state index >= 15 is 0 Å². The summed E-state index contributed by atoms with van der Waals surface area (Å²) in [4.78, 5) is 0. The number of hydrogen-bond acceptors (Lipinski definition) is 9. The third-order valence-corrected chi connectivity index (χ3v) is 2.39. The van der Waals surface area contributed by atoms with Gasteiger partial charge >= 0.3 is 0 Å². The average Bonchev–Trinajstić information content (AvgIpc) is 2.55. The van der Waals surface area contributed by atoms with E-state index in [-0.39, 0.29) is 0 Å². The summed E-state index contributed by atoms with van der Waals surface area (Å²) in [6.07, 6.45) is 0. The van der Waals surface area contributed by atoms with Gasteiger partial charge in [0.15, 0.2) is 0 Å². The normalized spacial score (nSPS) is 11.7. The number of rotatable bonds is 18. The third-order valence-electron chi connectivity index (χ3n) is 2.39. The molecule has 0 aromatic heterocycles. The fourth-order valence-corrected chi connectivity index (χ4v) is 1.25. The maximum atomic E-state index is 5.53. The predicted octanol–water partition coefficient (Wildman–Crippen LogP) is 0.222. The van der Waals surface area contributed by atoms with Gasteiger partial charge in [0.05, 0.1) is 52.9 Å². The first-order valence-electron chi connectivity index (χ1n) is 7.36. The first kappa shape index (κ1) is 22.6. The summed E-state index contributed by atoms with van der Waals surface area (Å²) in [5.41, 5.74) is 0. The molecule has 0 aliphatic rings. The van der Waals surface area contributed by atoms with E-state index in [0.29, 0.717) is 52.9 Å². The molecule has 0 saturated heterocycles. The van der Waals surface area contributed by atoms with Gasteiger partial charge in [-0.1, -0.05) is 0 Å². The van der Waals surface area contributed by atoms with Crippen LogP contribution in [0.2, 0.25) is 0 Å².